The molecule has 0 aliphatic carbocycles. The largest absolute Gasteiger partial charge is 0.444 e. The zero-order chi connectivity index (χ0) is 24.7. The lowest BCUT2D eigenvalue weighted by atomic mass is 10.1. The normalized spacial score (nSPS) is 14.3. The van der Waals surface area contributed by atoms with Crippen molar-refractivity contribution in [1.82, 2.24) is 10.3 Å². The van der Waals surface area contributed by atoms with Crippen LogP contribution >= 0.6 is 0 Å². The van der Waals surface area contributed by atoms with E-state index in [9.17, 15) is 9.59 Å². The van der Waals surface area contributed by atoms with Crippen LogP contribution in [0.25, 0.3) is 6.08 Å². The van der Waals surface area contributed by atoms with Gasteiger partial charge in [-0.25, -0.2) is 4.79 Å². The van der Waals surface area contributed by atoms with Crippen molar-refractivity contribution in [2.24, 2.45) is 4.99 Å². The first kappa shape index (κ1) is 25.0. The second-order valence-electron chi connectivity index (χ2n) is 9.48. The molecule has 0 atom stereocenters. The summed E-state index contributed by atoms with van der Waals surface area (Å²) in [6, 6.07) is 9.73. The Morgan fingerprint density at radius 2 is 1.82 bits per heavy atom. The van der Waals surface area contributed by atoms with E-state index in [4.69, 9.17) is 4.74 Å². The molecule has 0 unspecified atom stereocenters. The second kappa shape index (κ2) is 11.0. The quantitative estimate of drug-likeness (QED) is 0.485. The predicted molar refractivity (Wildman–Crippen MR) is 137 cm³/mol. The minimum Gasteiger partial charge on any atom is -0.444 e. The lowest BCUT2D eigenvalue weighted by Crippen LogP contribution is -2.33. The van der Waals surface area contributed by atoms with E-state index in [1.54, 1.807) is 0 Å². The van der Waals surface area contributed by atoms with Crippen LogP contribution in [0.4, 0.5) is 10.5 Å². The number of allylic oxidation sites excluding steroid dienone is 2. The van der Waals surface area contributed by atoms with Crippen molar-refractivity contribution < 1.29 is 14.3 Å². The van der Waals surface area contributed by atoms with E-state index < -0.39 is 11.7 Å². The zero-order valence-corrected chi connectivity index (χ0v) is 20.6. The number of aromatic amines is 1. The van der Waals surface area contributed by atoms with E-state index in [1.807, 2.05) is 70.2 Å². The standard InChI is InChI=1S/C27H34N4O3/c1-18-16-19(2)29-24(18)17-23-11-10-21(30-23)12-13-25(32)31-22-8-6-20(7-9-22)14-15-28-26(33)34-27(3,4)5/h6-11,16-17,29H,12-15H2,1-5H3,(H,28,33)(H,31,32)/b23-17-. The number of alkyl carbamates (subject to hydrolysis) is 1. The molecular weight excluding hydrogens is 428 g/mol. The van der Waals surface area contributed by atoms with Gasteiger partial charge in [0.25, 0.3) is 0 Å². The maximum absolute atomic E-state index is 12.4. The van der Waals surface area contributed by atoms with Gasteiger partial charge >= 0.3 is 6.09 Å². The number of anilines is 1. The van der Waals surface area contributed by atoms with Crippen molar-refractivity contribution in [2.45, 2.75) is 59.5 Å². The van der Waals surface area contributed by atoms with E-state index in [0.717, 1.165) is 34.0 Å². The molecule has 3 rings (SSSR count). The Kier molecular flexibility index (Phi) is 8.10. The summed E-state index contributed by atoms with van der Waals surface area (Å²) in [5, 5.41) is 5.67. The highest BCUT2D eigenvalue weighted by molar-refractivity contribution is 6.02. The Morgan fingerprint density at radius 1 is 1.09 bits per heavy atom. The van der Waals surface area contributed by atoms with Gasteiger partial charge in [0.2, 0.25) is 5.91 Å². The number of aromatic nitrogens is 1. The molecule has 0 fully saturated rings. The van der Waals surface area contributed by atoms with E-state index in [-0.39, 0.29) is 5.91 Å². The molecule has 1 aliphatic heterocycles. The summed E-state index contributed by atoms with van der Waals surface area (Å²) >= 11 is 0. The van der Waals surface area contributed by atoms with Gasteiger partial charge in [-0.2, -0.15) is 0 Å². The fourth-order valence-corrected chi connectivity index (χ4v) is 3.53. The van der Waals surface area contributed by atoms with Crippen LogP contribution in [0.3, 0.4) is 0 Å². The molecule has 1 aromatic carbocycles. The van der Waals surface area contributed by atoms with E-state index >= 15 is 0 Å². The maximum atomic E-state index is 12.4. The predicted octanol–water partition coefficient (Wildman–Crippen LogP) is 5.47. The van der Waals surface area contributed by atoms with Gasteiger partial charge in [0, 0.05) is 35.8 Å². The van der Waals surface area contributed by atoms with Gasteiger partial charge in [-0.3, -0.25) is 9.79 Å². The molecule has 7 heteroatoms. The van der Waals surface area contributed by atoms with E-state index in [1.165, 1.54) is 5.56 Å². The molecule has 0 saturated carbocycles. The SMILES string of the molecule is Cc1cc(C)c(/C=C2/C=CC(CCC(=O)Nc3ccc(CCNC(=O)OC(C)(C)C)cc3)=N2)[nH]1. The molecule has 180 valence electrons. The molecule has 34 heavy (non-hydrogen) atoms. The van der Waals surface area contributed by atoms with Gasteiger partial charge in [-0.15, -0.1) is 0 Å². The third-order valence-electron chi connectivity index (χ3n) is 5.13. The number of H-pyrrole nitrogens is 1. The Bertz CT molecular complexity index is 1120. The summed E-state index contributed by atoms with van der Waals surface area (Å²) in [5.41, 5.74) is 6.45. The number of rotatable bonds is 8. The van der Waals surface area contributed by atoms with E-state index in [0.29, 0.717) is 25.8 Å². The molecule has 0 saturated heterocycles. The van der Waals surface area contributed by atoms with Crippen molar-refractivity contribution >= 4 is 29.5 Å². The van der Waals surface area contributed by atoms with Crippen molar-refractivity contribution in [3.63, 3.8) is 0 Å². The molecule has 0 spiro atoms. The maximum Gasteiger partial charge on any atom is 0.407 e. The topological polar surface area (TPSA) is 95.6 Å². The van der Waals surface area contributed by atoms with Crippen LogP contribution in [0.2, 0.25) is 0 Å². The molecule has 1 aliphatic rings. The van der Waals surface area contributed by atoms with Crippen LogP contribution in [0.1, 0.15) is 56.1 Å². The first-order valence-electron chi connectivity index (χ1n) is 11.6. The average molecular weight is 463 g/mol. The number of hydrogen-bond acceptors (Lipinski definition) is 4. The number of carbonyl (C=O) groups excluding carboxylic acids is 2. The smallest absolute Gasteiger partial charge is 0.407 e. The number of nitrogens with one attached hydrogen (secondary N) is 3. The zero-order valence-electron chi connectivity index (χ0n) is 20.6. The summed E-state index contributed by atoms with van der Waals surface area (Å²) in [7, 11) is 0. The van der Waals surface area contributed by atoms with Crippen LogP contribution in [0, 0.1) is 13.8 Å². The number of ether oxygens (including phenoxy) is 1. The van der Waals surface area contributed by atoms with Gasteiger partial charge in [0.1, 0.15) is 5.60 Å². The summed E-state index contributed by atoms with van der Waals surface area (Å²) in [4.78, 5) is 32.0. The lowest BCUT2D eigenvalue weighted by molar-refractivity contribution is -0.116. The molecule has 2 aromatic rings. The highest BCUT2D eigenvalue weighted by Crippen LogP contribution is 2.19. The highest BCUT2D eigenvalue weighted by Gasteiger charge is 2.15. The van der Waals surface area contributed by atoms with Crippen molar-refractivity contribution in [2.75, 3.05) is 11.9 Å². The van der Waals surface area contributed by atoms with Gasteiger partial charge in [0.05, 0.1) is 5.70 Å². The minimum atomic E-state index is -0.510. The summed E-state index contributed by atoms with van der Waals surface area (Å²) in [6.07, 6.45) is 7.15. The van der Waals surface area contributed by atoms with Crippen LogP contribution < -0.4 is 10.6 Å². The first-order valence-corrected chi connectivity index (χ1v) is 11.6. The van der Waals surface area contributed by atoms with Crippen molar-refractivity contribution in [3.05, 3.63) is 70.7 Å². The van der Waals surface area contributed by atoms with Crippen LogP contribution in [-0.4, -0.2) is 34.8 Å². The third kappa shape index (κ3) is 8.06. The number of aliphatic imine (C=N–C) groups is 1. The Balaban J connectivity index is 1.41. The molecule has 2 amide bonds. The molecule has 3 N–H and O–H groups in total. The first-order chi connectivity index (χ1) is 16.1. The highest BCUT2D eigenvalue weighted by atomic mass is 16.6. The number of hydrogen-bond donors (Lipinski definition) is 3. The van der Waals surface area contributed by atoms with Crippen LogP contribution in [0.15, 0.2) is 53.2 Å². The van der Waals surface area contributed by atoms with Crippen LogP contribution in [0.5, 0.6) is 0 Å². The van der Waals surface area contributed by atoms with Crippen molar-refractivity contribution in [1.29, 1.82) is 0 Å². The summed E-state index contributed by atoms with van der Waals surface area (Å²) in [6.45, 7) is 10.1. The third-order valence-corrected chi connectivity index (χ3v) is 5.13. The Hall–Kier alpha value is -3.61. The van der Waals surface area contributed by atoms with Gasteiger partial charge < -0.3 is 20.4 Å². The number of nitrogens with zero attached hydrogens (tertiary/aromatic N) is 1. The summed E-state index contributed by atoms with van der Waals surface area (Å²) in [5.74, 6) is -0.0521. The van der Waals surface area contributed by atoms with Crippen molar-refractivity contribution in [3.8, 4) is 0 Å². The molecule has 1 aromatic heterocycles. The van der Waals surface area contributed by atoms with E-state index in [2.05, 4.69) is 33.6 Å². The van der Waals surface area contributed by atoms with Gasteiger partial charge in [-0.05, 0) is 95.0 Å². The molecule has 0 radical (unpaired) electrons. The summed E-state index contributed by atoms with van der Waals surface area (Å²) < 4.78 is 5.22. The van der Waals surface area contributed by atoms with Gasteiger partial charge in [0.15, 0.2) is 0 Å². The Morgan fingerprint density at radius 3 is 2.47 bits per heavy atom. The molecular formula is C27H34N4O3. The molecule has 7 nitrogen and oxygen atoms in total. The number of carbonyl (C=O) groups is 2. The minimum absolute atomic E-state index is 0.0521. The van der Waals surface area contributed by atoms with Crippen LogP contribution in [-0.2, 0) is 16.0 Å². The number of aryl methyl sites for hydroxylation is 2. The average Bonchev–Trinajstić information content (AvgIpc) is 3.32. The number of amides is 2. The molecule has 0 bridgehead atoms. The lowest BCUT2D eigenvalue weighted by Gasteiger charge is -2.19. The fourth-order valence-electron chi connectivity index (χ4n) is 3.53. The molecule has 2 heterocycles. The fraction of sp³-hybridized carbons (Fsp3) is 0.370. The number of benzene rings is 1. The second-order valence-corrected chi connectivity index (χ2v) is 9.48. The Labute approximate surface area is 201 Å². The van der Waals surface area contributed by atoms with Gasteiger partial charge in [-0.1, -0.05) is 12.1 Å². The monoisotopic (exact) mass is 462 g/mol.